The molecule has 1 atom stereocenters. The first-order chi connectivity index (χ1) is 10.0. The van der Waals surface area contributed by atoms with Crippen LogP contribution in [-0.2, 0) is 6.42 Å². The monoisotopic (exact) mass is 283 g/mol. The van der Waals surface area contributed by atoms with Gasteiger partial charge in [0.1, 0.15) is 5.75 Å². The molecule has 0 fully saturated rings. The van der Waals surface area contributed by atoms with Crippen molar-refractivity contribution in [2.45, 2.75) is 33.2 Å². The fraction of sp³-hybridized carbons (Fsp3) is 0.368. The number of nitrogens with two attached hydrogens (primary N) is 1. The van der Waals surface area contributed by atoms with Crippen molar-refractivity contribution in [2.24, 2.45) is 11.7 Å². The summed E-state index contributed by atoms with van der Waals surface area (Å²) in [6.45, 7) is 6.51. The molecule has 2 heteroatoms. The molecule has 2 N–H and O–H groups in total. The average Bonchev–Trinajstić information content (AvgIpc) is 2.46. The first-order valence-electron chi connectivity index (χ1n) is 7.50. The largest absolute Gasteiger partial charge is 0.496 e. The second kappa shape index (κ2) is 6.77. The summed E-state index contributed by atoms with van der Waals surface area (Å²) in [4.78, 5) is 0. The third kappa shape index (κ3) is 3.85. The van der Waals surface area contributed by atoms with Gasteiger partial charge in [-0.3, -0.25) is 0 Å². The second-order valence-electron chi connectivity index (χ2n) is 6.05. The molecule has 2 nitrogen and oxygen atoms in total. The Morgan fingerprint density at radius 1 is 1.05 bits per heavy atom. The van der Waals surface area contributed by atoms with Gasteiger partial charge in [0.15, 0.2) is 0 Å². The van der Waals surface area contributed by atoms with Gasteiger partial charge in [0, 0.05) is 0 Å². The van der Waals surface area contributed by atoms with Gasteiger partial charge in [-0.25, -0.2) is 0 Å². The predicted octanol–water partition coefficient (Wildman–Crippen LogP) is 4.25. The highest BCUT2D eigenvalue weighted by Crippen LogP contribution is 2.26. The van der Waals surface area contributed by atoms with Crippen LogP contribution < -0.4 is 10.5 Å². The van der Waals surface area contributed by atoms with Crippen LogP contribution in [0.15, 0.2) is 42.5 Å². The van der Waals surface area contributed by atoms with E-state index in [4.69, 9.17) is 10.5 Å². The van der Waals surface area contributed by atoms with Crippen molar-refractivity contribution in [1.82, 2.24) is 0 Å². The molecule has 2 aromatic rings. The molecule has 112 valence electrons. The molecule has 0 aliphatic carbocycles. The summed E-state index contributed by atoms with van der Waals surface area (Å²) in [7, 11) is 1.70. The van der Waals surface area contributed by atoms with Gasteiger partial charge >= 0.3 is 0 Å². The lowest BCUT2D eigenvalue weighted by molar-refractivity contribution is 0.411. The molecule has 0 radical (unpaired) electrons. The van der Waals surface area contributed by atoms with E-state index in [2.05, 4.69) is 50.2 Å². The number of rotatable bonds is 5. The molecule has 0 saturated carbocycles. The molecule has 0 aliphatic rings. The Hall–Kier alpha value is -1.80. The summed E-state index contributed by atoms with van der Waals surface area (Å²) in [6.07, 6.45) is 1.08. The topological polar surface area (TPSA) is 35.2 Å². The Morgan fingerprint density at radius 3 is 2.43 bits per heavy atom. The smallest absolute Gasteiger partial charge is 0.122 e. The van der Waals surface area contributed by atoms with Gasteiger partial charge in [-0.05, 0) is 47.6 Å². The third-order valence-corrected chi connectivity index (χ3v) is 3.75. The molecule has 0 aliphatic heterocycles. The molecular formula is C19H25NO. The van der Waals surface area contributed by atoms with Crippen molar-refractivity contribution in [2.75, 3.05) is 7.11 Å². The quantitative estimate of drug-likeness (QED) is 0.890. The van der Waals surface area contributed by atoms with Crippen LogP contribution in [0.1, 0.15) is 42.1 Å². The van der Waals surface area contributed by atoms with Gasteiger partial charge in [-0.2, -0.15) is 0 Å². The molecule has 0 spiro atoms. The van der Waals surface area contributed by atoms with E-state index in [1.54, 1.807) is 7.11 Å². The summed E-state index contributed by atoms with van der Waals surface area (Å²) in [5.41, 5.74) is 11.1. The van der Waals surface area contributed by atoms with E-state index in [0.29, 0.717) is 5.92 Å². The molecule has 21 heavy (non-hydrogen) atoms. The molecular weight excluding hydrogens is 258 g/mol. The fourth-order valence-electron chi connectivity index (χ4n) is 2.61. The Balaban J connectivity index is 2.29. The maximum Gasteiger partial charge on any atom is 0.122 e. The van der Waals surface area contributed by atoms with Crippen molar-refractivity contribution < 1.29 is 4.74 Å². The lowest BCUT2D eigenvalue weighted by Gasteiger charge is -2.16. The molecule has 0 saturated heterocycles. The second-order valence-corrected chi connectivity index (χ2v) is 6.05. The minimum Gasteiger partial charge on any atom is -0.496 e. The minimum absolute atomic E-state index is 0.119. The van der Waals surface area contributed by atoms with E-state index < -0.39 is 0 Å². The normalized spacial score (nSPS) is 12.5. The van der Waals surface area contributed by atoms with Crippen molar-refractivity contribution in [3.63, 3.8) is 0 Å². The van der Waals surface area contributed by atoms with Crippen LogP contribution in [0, 0.1) is 12.8 Å². The van der Waals surface area contributed by atoms with Crippen LogP contribution in [0.25, 0.3) is 0 Å². The highest BCUT2D eigenvalue weighted by Gasteiger charge is 2.11. The lowest BCUT2D eigenvalue weighted by atomic mass is 9.94. The summed E-state index contributed by atoms with van der Waals surface area (Å²) >= 11 is 0. The maximum atomic E-state index is 6.43. The fourth-order valence-corrected chi connectivity index (χ4v) is 2.61. The Kier molecular flexibility index (Phi) is 5.03. The van der Waals surface area contributed by atoms with Crippen LogP contribution in [0.3, 0.4) is 0 Å². The Bertz CT molecular complexity index is 604. The summed E-state index contributed by atoms with van der Waals surface area (Å²) in [6, 6.07) is 14.6. The Labute approximate surface area is 127 Å². The van der Waals surface area contributed by atoms with E-state index in [1.807, 2.05) is 13.0 Å². The maximum absolute atomic E-state index is 6.43. The van der Waals surface area contributed by atoms with Crippen LogP contribution in [0.5, 0.6) is 5.75 Å². The molecule has 0 aromatic heterocycles. The zero-order valence-corrected chi connectivity index (χ0v) is 13.4. The summed E-state index contributed by atoms with van der Waals surface area (Å²) in [5.74, 6) is 1.54. The highest BCUT2D eigenvalue weighted by atomic mass is 16.5. The van der Waals surface area contributed by atoms with Gasteiger partial charge in [0.05, 0.1) is 13.2 Å². The van der Waals surface area contributed by atoms with E-state index in [9.17, 15) is 0 Å². The van der Waals surface area contributed by atoms with Gasteiger partial charge in [-0.1, -0.05) is 50.2 Å². The van der Waals surface area contributed by atoms with E-state index >= 15 is 0 Å². The van der Waals surface area contributed by atoms with Crippen molar-refractivity contribution in [3.8, 4) is 5.75 Å². The summed E-state index contributed by atoms with van der Waals surface area (Å²) in [5, 5.41) is 0. The number of ether oxygens (including phenoxy) is 1. The van der Waals surface area contributed by atoms with E-state index in [1.165, 1.54) is 5.56 Å². The van der Waals surface area contributed by atoms with Crippen molar-refractivity contribution in [3.05, 3.63) is 64.7 Å². The number of benzene rings is 2. The van der Waals surface area contributed by atoms with Gasteiger partial charge in [-0.15, -0.1) is 0 Å². The number of hydrogen-bond donors (Lipinski definition) is 1. The van der Waals surface area contributed by atoms with Crippen LogP contribution in [0.4, 0.5) is 0 Å². The molecule has 2 aromatic carbocycles. The van der Waals surface area contributed by atoms with Crippen LogP contribution in [0.2, 0.25) is 0 Å². The van der Waals surface area contributed by atoms with Crippen molar-refractivity contribution in [1.29, 1.82) is 0 Å². The zero-order chi connectivity index (χ0) is 15.4. The molecule has 1 unspecified atom stereocenters. The highest BCUT2D eigenvalue weighted by molar-refractivity contribution is 5.41. The zero-order valence-electron chi connectivity index (χ0n) is 13.4. The van der Waals surface area contributed by atoms with Crippen molar-refractivity contribution >= 4 is 0 Å². The summed E-state index contributed by atoms with van der Waals surface area (Å²) < 4.78 is 5.39. The van der Waals surface area contributed by atoms with Crippen LogP contribution >= 0.6 is 0 Å². The first-order valence-corrected chi connectivity index (χ1v) is 7.50. The van der Waals surface area contributed by atoms with Crippen LogP contribution in [-0.4, -0.2) is 7.11 Å². The number of aryl methyl sites for hydroxylation is 1. The SMILES string of the molecule is COc1cc(C(N)c2cccc(CC(C)C)c2)ccc1C. The minimum atomic E-state index is -0.119. The Morgan fingerprint density at radius 2 is 1.76 bits per heavy atom. The van der Waals surface area contributed by atoms with E-state index in [-0.39, 0.29) is 6.04 Å². The lowest BCUT2D eigenvalue weighted by Crippen LogP contribution is -2.12. The molecule has 0 heterocycles. The number of hydrogen-bond acceptors (Lipinski definition) is 2. The van der Waals surface area contributed by atoms with Gasteiger partial charge in [0.25, 0.3) is 0 Å². The van der Waals surface area contributed by atoms with E-state index in [0.717, 1.165) is 28.9 Å². The molecule has 0 amide bonds. The first kappa shape index (κ1) is 15.6. The number of methoxy groups -OCH3 is 1. The average molecular weight is 283 g/mol. The third-order valence-electron chi connectivity index (χ3n) is 3.75. The predicted molar refractivity (Wildman–Crippen MR) is 88.7 cm³/mol. The molecule has 0 bridgehead atoms. The van der Waals surface area contributed by atoms with Gasteiger partial charge < -0.3 is 10.5 Å². The molecule has 2 rings (SSSR count). The van der Waals surface area contributed by atoms with Gasteiger partial charge in [0.2, 0.25) is 0 Å². The standard InChI is InChI=1S/C19H25NO/c1-13(2)10-15-6-5-7-16(11-15)19(20)17-9-8-14(3)18(12-17)21-4/h5-9,11-13,19H,10,20H2,1-4H3.